The zero-order chi connectivity index (χ0) is 12.7. The molecule has 0 bridgehead atoms. The van der Waals surface area contributed by atoms with Gasteiger partial charge in [0.25, 0.3) is 0 Å². The Morgan fingerprint density at radius 1 is 1.21 bits per heavy atom. The van der Waals surface area contributed by atoms with Crippen LogP contribution in [0, 0.1) is 0 Å². The highest BCUT2D eigenvalue weighted by molar-refractivity contribution is 5.94. The van der Waals surface area contributed by atoms with Gasteiger partial charge in [0, 0.05) is 20.5 Å². The van der Waals surface area contributed by atoms with Gasteiger partial charge >= 0.3 is 11.9 Å². The molecule has 5 nitrogen and oxygen atoms in total. The van der Waals surface area contributed by atoms with Gasteiger partial charge in [0.15, 0.2) is 0 Å². The Labute approximate surface area is 83.5 Å². The second kappa shape index (κ2) is 3.53. The summed E-state index contributed by atoms with van der Waals surface area (Å²) in [6, 6.07) is 0. The number of aliphatic carboxylic acids is 2. The van der Waals surface area contributed by atoms with Gasteiger partial charge in [0.2, 0.25) is 0 Å². The van der Waals surface area contributed by atoms with Crippen molar-refractivity contribution in [2.24, 2.45) is 0 Å². The number of carboxylic acid groups (broad SMARTS) is 2. The third-order valence-corrected chi connectivity index (χ3v) is 1.80. The molecule has 14 heavy (non-hydrogen) atoms. The predicted octanol–water partition coefficient (Wildman–Crippen LogP) is 0.697. The lowest BCUT2D eigenvalue weighted by atomic mass is 9.98. The van der Waals surface area contributed by atoms with Crippen molar-refractivity contribution in [1.29, 1.82) is 0 Å². The molecule has 1 aliphatic rings. The van der Waals surface area contributed by atoms with Crippen LogP contribution < -0.4 is 5.32 Å². The molecule has 0 radical (unpaired) electrons. The van der Waals surface area contributed by atoms with Crippen molar-refractivity contribution in [2.75, 3.05) is 0 Å². The second-order valence-electron chi connectivity index (χ2n) is 2.86. The predicted molar refractivity (Wildman–Crippen MR) is 48.4 cm³/mol. The van der Waals surface area contributed by atoms with Gasteiger partial charge in [0.05, 0.1) is 11.1 Å². The van der Waals surface area contributed by atoms with E-state index in [9.17, 15) is 9.59 Å². The summed E-state index contributed by atoms with van der Waals surface area (Å²) in [6.45, 7) is 2.78. The highest BCUT2D eigenvalue weighted by Crippen LogP contribution is 2.22. The van der Waals surface area contributed by atoms with Crippen LogP contribution >= 0.6 is 0 Å². The molecule has 0 aliphatic carbocycles. The number of dihydropyridines is 1. The monoisotopic (exact) mass is 199 g/mol. The number of carbonyl (C=O) groups is 2. The van der Waals surface area contributed by atoms with E-state index in [1.807, 2.05) is 0 Å². The van der Waals surface area contributed by atoms with Gasteiger partial charge in [-0.15, -0.1) is 0 Å². The van der Waals surface area contributed by atoms with E-state index in [0.717, 1.165) is 0 Å². The number of allylic oxidation sites excluding steroid dienone is 2. The summed E-state index contributed by atoms with van der Waals surface area (Å²) in [6.07, 6.45) is -2.50. The molecule has 1 heterocycles. The molecule has 0 spiro atoms. The molecule has 3 N–H and O–H groups in total. The van der Waals surface area contributed by atoms with Gasteiger partial charge in [0.1, 0.15) is 0 Å². The Bertz CT molecular complexity index is 399. The first-order valence-corrected chi connectivity index (χ1v) is 3.86. The van der Waals surface area contributed by atoms with Crippen LogP contribution in [0.1, 0.15) is 23.0 Å². The van der Waals surface area contributed by atoms with E-state index in [2.05, 4.69) is 5.32 Å². The minimum Gasteiger partial charge on any atom is -0.478 e. The maximum absolute atomic E-state index is 10.9. The van der Waals surface area contributed by atoms with Crippen molar-refractivity contribution in [3.63, 3.8) is 0 Å². The molecular formula is C9H11NO4. The molecule has 0 aromatic rings. The van der Waals surface area contributed by atoms with Crippen LogP contribution in [-0.4, -0.2) is 22.2 Å². The first-order valence-electron chi connectivity index (χ1n) is 4.86. The maximum atomic E-state index is 10.9. The lowest BCUT2D eigenvalue weighted by Gasteiger charge is -2.19. The Hall–Kier alpha value is -1.78. The Morgan fingerprint density at radius 2 is 1.57 bits per heavy atom. The van der Waals surface area contributed by atoms with Crippen molar-refractivity contribution in [1.82, 2.24) is 5.32 Å². The Balaban J connectivity index is 3.43. The van der Waals surface area contributed by atoms with Crippen molar-refractivity contribution in [3.8, 4) is 0 Å². The molecule has 0 saturated heterocycles. The van der Waals surface area contributed by atoms with Crippen molar-refractivity contribution in [3.05, 3.63) is 22.5 Å². The number of rotatable bonds is 2. The molecular weight excluding hydrogens is 186 g/mol. The molecule has 0 atom stereocenters. The highest BCUT2D eigenvalue weighted by Gasteiger charge is 2.24. The van der Waals surface area contributed by atoms with Crippen LogP contribution in [-0.2, 0) is 9.59 Å². The standard InChI is InChI=1S/C9H11NO4/c1-4-6(8(11)12)3-7(9(13)14)5(2)10-4/h10H,3H2,1-2H3,(H,11,12)(H,13,14)/i3D2. The molecule has 0 saturated carbocycles. The summed E-state index contributed by atoms with van der Waals surface area (Å²) in [5.74, 6) is -2.94. The third kappa shape index (κ3) is 1.76. The van der Waals surface area contributed by atoms with E-state index < -0.39 is 29.5 Å². The van der Waals surface area contributed by atoms with E-state index in [0.29, 0.717) is 0 Å². The van der Waals surface area contributed by atoms with Gasteiger partial charge in [-0.05, 0) is 13.8 Å². The summed E-state index contributed by atoms with van der Waals surface area (Å²) in [5, 5.41) is 20.3. The van der Waals surface area contributed by atoms with Crippen molar-refractivity contribution >= 4 is 11.9 Å². The van der Waals surface area contributed by atoms with Crippen LogP contribution in [0.3, 0.4) is 0 Å². The summed E-state index contributed by atoms with van der Waals surface area (Å²) >= 11 is 0. The second-order valence-corrected chi connectivity index (χ2v) is 2.86. The van der Waals surface area contributed by atoms with E-state index >= 15 is 0 Å². The van der Waals surface area contributed by atoms with Crippen LogP contribution in [0.4, 0.5) is 0 Å². The van der Waals surface area contributed by atoms with Crippen LogP contribution in [0.15, 0.2) is 22.5 Å². The quantitative estimate of drug-likeness (QED) is 0.609. The summed E-state index contributed by atoms with van der Waals surface area (Å²) in [5.41, 5.74) is -0.925. The van der Waals surface area contributed by atoms with Gasteiger partial charge in [-0.3, -0.25) is 0 Å². The Kier molecular flexibility index (Phi) is 1.92. The molecule has 0 amide bonds. The SMILES string of the molecule is [2H]C1([2H])C(C(=O)O)=C(C)NC(C)=C1C(=O)O. The van der Waals surface area contributed by atoms with Crippen LogP contribution in [0.25, 0.3) is 0 Å². The Morgan fingerprint density at radius 3 is 1.86 bits per heavy atom. The largest absolute Gasteiger partial charge is 0.478 e. The maximum Gasteiger partial charge on any atom is 0.333 e. The molecule has 0 aromatic carbocycles. The van der Waals surface area contributed by atoms with Crippen LogP contribution in [0.5, 0.6) is 0 Å². The molecule has 76 valence electrons. The number of carboxylic acids is 2. The fourth-order valence-electron chi connectivity index (χ4n) is 1.15. The fraction of sp³-hybridized carbons (Fsp3) is 0.333. The lowest BCUT2D eigenvalue weighted by Crippen LogP contribution is -2.24. The lowest BCUT2D eigenvalue weighted by molar-refractivity contribution is -0.133. The van der Waals surface area contributed by atoms with E-state index in [4.69, 9.17) is 13.0 Å². The van der Waals surface area contributed by atoms with Crippen molar-refractivity contribution < 1.29 is 22.5 Å². The number of hydrogen-bond donors (Lipinski definition) is 3. The zero-order valence-electron chi connectivity index (χ0n) is 9.71. The topological polar surface area (TPSA) is 86.6 Å². The van der Waals surface area contributed by atoms with E-state index in [1.54, 1.807) is 0 Å². The number of hydrogen-bond acceptors (Lipinski definition) is 3. The average molecular weight is 199 g/mol. The van der Waals surface area contributed by atoms with Gasteiger partial charge < -0.3 is 15.5 Å². The van der Waals surface area contributed by atoms with Gasteiger partial charge in [-0.1, -0.05) is 0 Å². The molecule has 0 fully saturated rings. The van der Waals surface area contributed by atoms with Gasteiger partial charge in [-0.25, -0.2) is 9.59 Å². The molecule has 1 rings (SSSR count). The minimum atomic E-state index is -2.50. The van der Waals surface area contributed by atoms with E-state index in [1.165, 1.54) is 13.8 Å². The molecule has 1 aliphatic heterocycles. The molecule has 5 heteroatoms. The smallest absolute Gasteiger partial charge is 0.333 e. The molecule has 0 unspecified atom stereocenters. The first-order chi connectivity index (χ1) is 7.19. The number of nitrogens with one attached hydrogen (secondary N) is 1. The zero-order valence-corrected chi connectivity index (χ0v) is 7.71. The average Bonchev–Trinajstić information content (AvgIpc) is 1.97. The summed E-state index contributed by atoms with van der Waals surface area (Å²) < 4.78 is 15.2. The fourth-order valence-corrected chi connectivity index (χ4v) is 1.15. The first kappa shape index (κ1) is 7.61. The van der Waals surface area contributed by atoms with Gasteiger partial charge in [-0.2, -0.15) is 0 Å². The minimum absolute atomic E-state index is 0.111. The molecule has 0 aromatic heterocycles. The third-order valence-electron chi connectivity index (χ3n) is 1.80. The van der Waals surface area contributed by atoms with Crippen LogP contribution in [0.2, 0.25) is 0 Å². The normalized spacial score (nSPS) is 22.4. The van der Waals surface area contributed by atoms with E-state index in [-0.39, 0.29) is 11.4 Å². The summed E-state index contributed by atoms with van der Waals surface area (Å²) in [7, 11) is 0. The van der Waals surface area contributed by atoms with Crippen molar-refractivity contribution in [2.45, 2.75) is 20.2 Å². The summed E-state index contributed by atoms with van der Waals surface area (Å²) in [4.78, 5) is 21.8. The highest BCUT2D eigenvalue weighted by atomic mass is 16.4.